The number of aliphatic hydroxyl groups is 1. The normalized spacial score (nSPS) is 20.7. The number of likely N-dealkylation sites (tertiary alicyclic amines) is 1. The van der Waals surface area contributed by atoms with Crippen molar-refractivity contribution in [2.45, 2.75) is 19.1 Å². The first kappa shape index (κ1) is 12.4. The fraction of sp³-hybridized carbons (Fsp3) is 0.538. The van der Waals surface area contributed by atoms with Crippen LogP contribution < -0.4 is 10.5 Å². The Balaban J connectivity index is 1.70. The summed E-state index contributed by atoms with van der Waals surface area (Å²) in [5.41, 5.74) is 6.64. The molecular weight excluding hydrogens is 216 g/mol. The van der Waals surface area contributed by atoms with Gasteiger partial charge in [-0.2, -0.15) is 0 Å². The quantitative estimate of drug-likeness (QED) is 0.785. The summed E-state index contributed by atoms with van der Waals surface area (Å²) in [4.78, 5) is 2.22. The molecule has 1 aromatic carbocycles. The van der Waals surface area contributed by atoms with E-state index < -0.39 is 0 Å². The van der Waals surface area contributed by atoms with Gasteiger partial charge in [0.05, 0.1) is 6.10 Å². The Hall–Kier alpha value is -1.10. The van der Waals surface area contributed by atoms with Gasteiger partial charge in [0.2, 0.25) is 0 Å². The van der Waals surface area contributed by atoms with Crippen LogP contribution in [-0.2, 0) is 6.54 Å². The first-order valence-corrected chi connectivity index (χ1v) is 6.10. The van der Waals surface area contributed by atoms with Crippen LogP contribution in [0.3, 0.4) is 0 Å². The van der Waals surface area contributed by atoms with Gasteiger partial charge in [-0.25, -0.2) is 0 Å². The molecule has 1 aliphatic rings. The Labute approximate surface area is 102 Å². The van der Waals surface area contributed by atoms with E-state index in [2.05, 4.69) is 4.90 Å². The first-order chi connectivity index (χ1) is 8.28. The molecule has 0 aromatic heterocycles. The third kappa shape index (κ3) is 3.70. The zero-order valence-electron chi connectivity index (χ0n) is 10.0. The fourth-order valence-electron chi connectivity index (χ4n) is 2.03. The monoisotopic (exact) mass is 236 g/mol. The second-order valence-corrected chi connectivity index (χ2v) is 4.44. The highest BCUT2D eigenvalue weighted by molar-refractivity contribution is 5.27. The van der Waals surface area contributed by atoms with Gasteiger partial charge >= 0.3 is 0 Å². The molecule has 1 atom stereocenters. The molecule has 3 N–H and O–H groups in total. The highest BCUT2D eigenvalue weighted by atomic mass is 16.5. The van der Waals surface area contributed by atoms with Crippen molar-refractivity contribution >= 4 is 0 Å². The number of β-amino-alcohol motifs (C(OH)–C–C–N with tert-alkyl or cyclic N) is 1. The number of nitrogens with two attached hydrogens (primary N) is 1. The molecule has 0 spiro atoms. The average molecular weight is 236 g/mol. The summed E-state index contributed by atoms with van der Waals surface area (Å²) in [5, 5.41) is 9.38. The number of aliphatic hydroxyl groups excluding tert-OH is 1. The van der Waals surface area contributed by atoms with Crippen LogP contribution in [0.5, 0.6) is 5.75 Å². The van der Waals surface area contributed by atoms with Crippen molar-refractivity contribution in [1.29, 1.82) is 0 Å². The number of hydrogen-bond donors (Lipinski definition) is 2. The molecule has 4 nitrogen and oxygen atoms in total. The third-order valence-electron chi connectivity index (χ3n) is 3.08. The summed E-state index contributed by atoms with van der Waals surface area (Å²) >= 11 is 0. The van der Waals surface area contributed by atoms with E-state index in [0.717, 1.165) is 37.4 Å². The summed E-state index contributed by atoms with van der Waals surface area (Å²) < 4.78 is 5.64. The molecule has 1 unspecified atom stereocenters. The van der Waals surface area contributed by atoms with Crippen LogP contribution >= 0.6 is 0 Å². The van der Waals surface area contributed by atoms with Gasteiger partial charge in [-0.1, -0.05) is 12.1 Å². The smallest absolute Gasteiger partial charge is 0.119 e. The molecule has 1 fully saturated rings. The Bertz CT molecular complexity index is 340. The molecule has 0 radical (unpaired) electrons. The fourth-order valence-corrected chi connectivity index (χ4v) is 2.03. The van der Waals surface area contributed by atoms with E-state index in [4.69, 9.17) is 10.5 Å². The predicted molar refractivity (Wildman–Crippen MR) is 66.9 cm³/mol. The molecular formula is C13H20N2O2. The van der Waals surface area contributed by atoms with Gasteiger partial charge in [0.15, 0.2) is 0 Å². The van der Waals surface area contributed by atoms with Crippen molar-refractivity contribution in [3.05, 3.63) is 29.8 Å². The first-order valence-electron chi connectivity index (χ1n) is 6.10. The summed E-state index contributed by atoms with van der Waals surface area (Å²) in [6.07, 6.45) is 0.726. The number of ether oxygens (including phenoxy) is 1. The van der Waals surface area contributed by atoms with Crippen molar-refractivity contribution in [3.63, 3.8) is 0 Å². The van der Waals surface area contributed by atoms with Crippen molar-refractivity contribution in [1.82, 2.24) is 4.90 Å². The zero-order chi connectivity index (χ0) is 12.1. The SMILES string of the molecule is NCc1ccc(OCCN2CCC(O)C2)cc1. The summed E-state index contributed by atoms with van der Waals surface area (Å²) in [5.74, 6) is 0.877. The van der Waals surface area contributed by atoms with Crippen LogP contribution in [0.15, 0.2) is 24.3 Å². The van der Waals surface area contributed by atoms with Gasteiger partial charge in [0, 0.05) is 26.2 Å². The molecule has 1 aliphatic heterocycles. The summed E-state index contributed by atoms with van der Waals surface area (Å²) in [6, 6.07) is 7.85. The lowest BCUT2D eigenvalue weighted by atomic mass is 10.2. The molecule has 0 bridgehead atoms. The van der Waals surface area contributed by atoms with Gasteiger partial charge in [-0.3, -0.25) is 4.90 Å². The van der Waals surface area contributed by atoms with E-state index in [1.165, 1.54) is 0 Å². The highest BCUT2D eigenvalue weighted by Crippen LogP contribution is 2.12. The topological polar surface area (TPSA) is 58.7 Å². The molecule has 4 heteroatoms. The molecule has 1 heterocycles. The number of benzene rings is 1. The van der Waals surface area contributed by atoms with Crippen LogP contribution in [-0.4, -0.2) is 42.4 Å². The average Bonchev–Trinajstić information content (AvgIpc) is 2.76. The van der Waals surface area contributed by atoms with Crippen LogP contribution in [0.25, 0.3) is 0 Å². The molecule has 1 saturated heterocycles. The van der Waals surface area contributed by atoms with E-state index in [0.29, 0.717) is 13.2 Å². The van der Waals surface area contributed by atoms with Crippen molar-refractivity contribution in [3.8, 4) is 5.75 Å². The van der Waals surface area contributed by atoms with E-state index in [9.17, 15) is 5.11 Å². The molecule has 94 valence electrons. The lowest BCUT2D eigenvalue weighted by Crippen LogP contribution is -2.27. The van der Waals surface area contributed by atoms with Gasteiger partial charge in [0.1, 0.15) is 12.4 Å². The number of rotatable bonds is 5. The lowest BCUT2D eigenvalue weighted by Gasteiger charge is -2.15. The standard InChI is InChI=1S/C13H20N2O2/c14-9-11-1-3-13(4-2-11)17-8-7-15-6-5-12(16)10-15/h1-4,12,16H,5-10,14H2. The minimum atomic E-state index is -0.154. The van der Waals surface area contributed by atoms with Crippen molar-refractivity contribution in [2.24, 2.45) is 5.73 Å². The molecule has 0 aliphatic carbocycles. The minimum Gasteiger partial charge on any atom is -0.492 e. The third-order valence-corrected chi connectivity index (χ3v) is 3.08. The predicted octanol–water partition coefficient (Wildman–Crippen LogP) is 0.591. The number of hydrogen-bond acceptors (Lipinski definition) is 4. The molecule has 0 saturated carbocycles. The van der Waals surface area contributed by atoms with Crippen molar-refractivity contribution < 1.29 is 9.84 Å². The van der Waals surface area contributed by atoms with Crippen LogP contribution in [0.1, 0.15) is 12.0 Å². The maximum atomic E-state index is 9.38. The van der Waals surface area contributed by atoms with E-state index in [1.807, 2.05) is 24.3 Å². The second-order valence-electron chi connectivity index (χ2n) is 4.44. The van der Waals surface area contributed by atoms with Gasteiger partial charge in [-0.15, -0.1) is 0 Å². The van der Waals surface area contributed by atoms with Crippen LogP contribution in [0, 0.1) is 0 Å². The molecule has 0 amide bonds. The van der Waals surface area contributed by atoms with Gasteiger partial charge < -0.3 is 15.6 Å². The Kier molecular flexibility index (Phi) is 4.36. The van der Waals surface area contributed by atoms with E-state index in [-0.39, 0.29) is 6.10 Å². The molecule has 17 heavy (non-hydrogen) atoms. The highest BCUT2D eigenvalue weighted by Gasteiger charge is 2.19. The maximum Gasteiger partial charge on any atom is 0.119 e. The van der Waals surface area contributed by atoms with E-state index >= 15 is 0 Å². The Morgan fingerprint density at radius 1 is 1.35 bits per heavy atom. The second kappa shape index (κ2) is 6.00. The van der Waals surface area contributed by atoms with Gasteiger partial charge in [0.25, 0.3) is 0 Å². The maximum absolute atomic E-state index is 9.38. The zero-order valence-corrected chi connectivity index (χ0v) is 10.0. The lowest BCUT2D eigenvalue weighted by molar-refractivity contribution is 0.167. The van der Waals surface area contributed by atoms with Crippen LogP contribution in [0.4, 0.5) is 0 Å². The largest absolute Gasteiger partial charge is 0.492 e. The summed E-state index contributed by atoms with van der Waals surface area (Å²) in [6.45, 7) is 3.84. The Morgan fingerprint density at radius 2 is 2.12 bits per heavy atom. The molecule has 2 rings (SSSR count). The van der Waals surface area contributed by atoms with Crippen molar-refractivity contribution in [2.75, 3.05) is 26.2 Å². The summed E-state index contributed by atoms with van der Waals surface area (Å²) in [7, 11) is 0. The van der Waals surface area contributed by atoms with E-state index in [1.54, 1.807) is 0 Å². The Morgan fingerprint density at radius 3 is 2.71 bits per heavy atom. The van der Waals surface area contributed by atoms with Gasteiger partial charge in [-0.05, 0) is 24.1 Å². The number of nitrogens with zero attached hydrogens (tertiary/aromatic N) is 1. The minimum absolute atomic E-state index is 0.154. The van der Waals surface area contributed by atoms with Crippen LogP contribution in [0.2, 0.25) is 0 Å². The molecule has 1 aromatic rings.